The van der Waals surface area contributed by atoms with Gasteiger partial charge in [-0.2, -0.15) is 4.31 Å². The van der Waals surface area contributed by atoms with Gasteiger partial charge < -0.3 is 5.32 Å². The quantitative estimate of drug-likeness (QED) is 0.457. The molecule has 1 aliphatic heterocycles. The third kappa shape index (κ3) is 6.39. The van der Waals surface area contributed by atoms with Crippen molar-refractivity contribution >= 4 is 27.7 Å². The van der Waals surface area contributed by atoms with Crippen molar-refractivity contribution in [2.24, 2.45) is 0 Å². The molecule has 1 N–H and O–H groups in total. The second-order valence-corrected chi connectivity index (χ2v) is 10.6. The van der Waals surface area contributed by atoms with Gasteiger partial charge in [0.25, 0.3) is 0 Å². The van der Waals surface area contributed by atoms with Crippen molar-refractivity contribution in [3.63, 3.8) is 0 Å². The Bertz CT molecular complexity index is 974. The first-order valence-electron chi connectivity index (χ1n) is 10.2. The molecule has 1 aliphatic rings. The van der Waals surface area contributed by atoms with E-state index in [9.17, 15) is 13.2 Å². The van der Waals surface area contributed by atoms with E-state index in [1.54, 1.807) is 25.1 Å². The van der Waals surface area contributed by atoms with Crippen LogP contribution in [0.5, 0.6) is 0 Å². The predicted octanol–water partition coefficient (Wildman–Crippen LogP) is 2.37. The molecule has 0 bridgehead atoms. The van der Waals surface area contributed by atoms with E-state index < -0.39 is 10.0 Å². The Hall–Kier alpha value is -2.20. The number of thioether (sulfide) groups is 1. The second-order valence-electron chi connectivity index (χ2n) is 7.29. The highest BCUT2D eigenvalue weighted by molar-refractivity contribution is 8.00. The SMILES string of the molecule is C=CCNC(=O)[C@H](C)Sc1ccc(S(=O)(=O)N2CCN(Cc3ccccc3)CC2)cn1. The largest absolute Gasteiger partial charge is 0.352 e. The number of hydrogen-bond donors (Lipinski definition) is 1. The molecule has 1 atom stereocenters. The number of amides is 1. The van der Waals surface area contributed by atoms with E-state index in [0.717, 1.165) is 6.54 Å². The summed E-state index contributed by atoms with van der Waals surface area (Å²) in [6, 6.07) is 13.4. The van der Waals surface area contributed by atoms with E-state index in [0.29, 0.717) is 37.7 Å². The van der Waals surface area contributed by atoms with Crippen LogP contribution in [0.4, 0.5) is 0 Å². The van der Waals surface area contributed by atoms with Crippen LogP contribution in [-0.4, -0.2) is 66.5 Å². The van der Waals surface area contributed by atoms with Crippen LogP contribution < -0.4 is 5.32 Å². The van der Waals surface area contributed by atoms with Gasteiger partial charge in [-0.15, -0.1) is 6.58 Å². The first-order valence-corrected chi connectivity index (χ1v) is 12.5. The lowest BCUT2D eigenvalue weighted by Crippen LogP contribution is -2.48. The fraction of sp³-hybridized carbons (Fsp3) is 0.364. The van der Waals surface area contributed by atoms with Gasteiger partial charge >= 0.3 is 0 Å². The topological polar surface area (TPSA) is 82.6 Å². The minimum atomic E-state index is -3.59. The molecule has 1 aromatic heterocycles. The summed E-state index contributed by atoms with van der Waals surface area (Å²) >= 11 is 1.29. The van der Waals surface area contributed by atoms with E-state index in [1.807, 2.05) is 18.2 Å². The lowest BCUT2D eigenvalue weighted by atomic mass is 10.2. The summed E-state index contributed by atoms with van der Waals surface area (Å²) in [4.78, 5) is 18.7. The zero-order valence-electron chi connectivity index (χ0n) is 17.6. The first-order chi connectivity index (χ1) is 14.9. The number of carbonyl (C=O) groups excluding carboxylic acids is 1. The monoisotopic (exact) mass is 460 g/mol. The van der Waals surface area contributed by atoms with Gasteiger partial charge in [-0.25, -0.2) is 13.4 Å². The lowest BCUT2D eigenvalue weighted by molar-refractivity contribution is -0.120. The number of benzene rings is 1. The minimum absolute atomic E-state index is 0.114. The highest BCUT2D eigenvalue weighted by atomic mass is 32.2. The van der Waals surface area contributed by atoms with Crippen molar-refractivity contribution < 1.29 is 13.2 Å². The Morgan fingerprint density at radius 3 is 2.52 bits per heavy atom. The van der Waals surface area contributed by atoms with Crippen LogP contribution in [0.15, 0.2) is 71.2 Å². The van der Waals surface area contributed by atoms with Crippen LogP contribution in [0.25, 0.3) is 0 Å². The Labute approximate surface area is 188 Å². The lowest BCUT2D eigenvalue weighted by Gasteiger charge is -2.33. The number of rotatable bonds is 9. The van der Waals surface area contributed by atoms with Gasteiger partial charge in [-0.3, -0.25) is 9.69 Å². The van der Waals surface area contributed by atoms with Crippen molar-refractivity contribution in [1.82, 2.24) is 19.5 Å². The van der Waals surface area contributed by atoms with Gasteiger partial charge in [0.2, 0.25) is 15.9 Å². The number of nitrogens with one attached hydrogen (secondary N) is 1. The summed E-state index contributed by atoms with van der Waals surface area (Å²) < 4.78 is 27.5. The van der Waals surface area contributed by atoms with Crippen molar-refractivity contribution in [2.45, 2.75) is 28.6 Å². The van der Waals surface area contributed by atoms with E-state index in [-0.39, 0.29) is 16.1 Å². The molecule has 3 rings (SSSR count). The molecule has 0 saturated carbocycles. The molecule has 0 radical (unpaired) electrons. The average Bonchev–Trinajstić information content (AvgIpc) is 2.79. The predicted molar refractivity (Wildman–Crippen MR) is 123 cm³/mol. The third-order valence-corrected chi connectivity index (χ3v) is 7.95. The summed E-state index contributed by atoms with van der Waals surface area (Å²) in [5.41, 5.74) is 1.23. The van der Waals surface area contributed by atoms with Crippen molar-refractivity contribution in [2.75, 3.05) is 32.7 Å². The molecule has 9 heteroatoms. The average molecular weight is 461 g/mol. The minimum Gasteiger partial charge on any atom is -0.352 e. The molecule has 0 unspecified atom stereocenters. The summed E-state index contributed by atoms with van der Waals surface area (Å²) in [7, 11) is -3.59. The number of sulfonamides is 1. The summed E-state index contributed by atoms with van der Waals surface area (Å²) in [5, 5.41) is 3.00. The van der Waals surface area contributed by atoms with Gasteiger partial charge in [-0.05, 0) is 24.6 Å². The Morgan fingerprint density at radius 1 is 1.19 bits per heavy atom. The molecule has 2 heterocycles. The zero-order valence-corrected chi connectivity index (χ0v) is 19.2. The smallest absolute Gasteiger partial charge is 0.244 e. The fourth-order valence-electron chi connectivity index (χ4n) is 3.26. The molecular formula is C22H28N4O3S2. The normalized spacial score (nSPS) is 16.5. The van der Waals surface area contributed by atoms with Gasteiger partial charge in [-0.1, -0.05) is 48.2 Å². The molecule has 1 amide bonds. The van der Waals surface area contributed by atoms with Crippen LogP contribution in [0.2, 0.25) is 0 Å². The maximum Gasteiger partial charge on any atom is 0.244 e. The summed E-state index contributed by atoms with van der Waals surface area (Å²) in [6.45, 7) is 8.86. The number of hydrogen-bond acceptors (Lipinski definition) is 6. The van der Waals surface area contributed by atoms with Crippen LogP contribution in [0, 0.1) is 0 Å². The molecule has 2 aromatic rings. The zero-order chi connectivity index (χ0) is 22.3. The van der Waals surface area contributed by atoms with E-state index in [4.69, 9.17) is 0 Å². The van der Waals surface area contributed by atoms with E-state index in [1.165, 1.54) is 27.8 Å². The number of aromatic nitrogens is 1. The van der Waals surface area contributed by atoms with Gasteiger partial charge in [0.1, 0.15) is 4.90 Å². The van der Waals surface area contributed by atoms with Crippen molar-refractivity contribution in [3.8, 4) is 0 Å². The van der Waals surface area contributed by atoms with Crippen LogP contribution >= 0.6 is 11.8 Å². The number of pyridine rings is 1. The fourth-order valence-corrected chi connectivity index (χ4v) is 5.44. The highest BCUT2D eigenvalue weighted by Crippen LogP contribution is 2.24. The van der Waals surface area contributed by atoms with Gasteiger partial charge in [0, 0.05) is 45.5 Å². The molecule has 1 aromatic carbocycles. The second kappa shape index (κ2) is 10.9. The summed E-state index contributed by atoms with van der Waals surface area (Å²) in [6.07, 6.45) is 3.00. The molecule has 166 valence electrons. The number of piperazine rings is 1. The van der Waals surface area contributed by atoms with Crippen LogP contribution in [0.1, 0.15) is 12.5 Å². The van der Waals surface area contributed by atoms with Gasteiger partial charge in [0.15, 0.2) is 0 Å². The highest BCUT2D eigenvalue weighted by Gasteiger charge is 2.29. The van der Waals surface area contributed by atoms with Crippen LogP contribution in [0.3, 0.4) is 0 Å². The van der Waals surface area contributed by atoms with Crippen molar-refractivity contribution in [3.05, 3.63) is 66.9 Å². The molecule has 0 aliphatic carbocycles. The summed E-state index contributed by atoms with van der Waals surface area (Å²) in [5.74, 6) is -0.114. The van der Waals surface area contributed by atoms with E-state index >= 15 is 0 Å². The Kier molecular flexibility index (Phi) is 8.25. The molecule has 1 saturated heterocycles. The maximum absolute atomic E-state index is 13.0. The Balaban J connectivity index is 1.56. The van der Waals surface area contributed by atoms with E-state index in [2.05, 4.69) is 33.9 Å². The molecule has 1 fully saturated rings. The van der Waals surface area contributed by atoms with Crippen LogP contribution in [-0.2, 0) is 21.4 Å². The third-order valence-electron chi connectivity index (χ3n) is 5.01. The Morgan fingerprint density at radius 2 is 1.90 bits per heavy atom. The number of carbonyl (C=O) groups is 1. The molecule has 31 heavy (non-hydrogen) atoms. The maximum atomic E-state index is 13.0. The first kappa shape index (κ1) is 23.5. The molecule has 7 nitrogen and oxygen atoms in total. The molecule has 0 spiro atoms. The molecular weight excluding hydrogens is 432 g/mol. The standard InChI is InChI=1S/C22H28N4O3S2/c1-3-11-23-22(27)18(2)30-21-10-9-20(16-24-21)31(28,29)26-14-12-25(13-15-26)17-19-7-5-4-6-8-19/h3-10,16,18H,1,11-15,17H2,2H3,(H,23,27)/t18-/m0/s1. The van der Waals surface area contributed by atoms with Crippen molar-refractivity contribution in [1.29, 1.82) is 0 Å². The van der Waals surface area contributed by atoms with Gasteiger partial charge in [0.05, 0.1) is 10.3 Å². The number of nitrogens with zero attached hydrogens (tertiary/aromatic N) is 3.